The number of rotatable bonds is 6. The van der Waals surface area contributed by atoms with E-state index in [4.69, 9.17) is 5.73 Å². The Bertz CT molecular complexity index is 166. The molecule has 0 rings (SSSR count). The molecule has 0 aliphatic heterocycles. The highest BCUT2D eigenvalue weighted by Crippen LogP contribution is 2.03. The summed E-state index contributed by atoms with van der Waals surface area (Å²) >= 11 is 0. The second kappa shape index (κ2) is 5.89. The molecule has 0 aliphatic rings. The SMILES string of the molecule is CC(=O)CCCC(=O)C(C)CN. The number of carbonyl (C=O) groups is 2. The van der Waals surface area contributed by atoms with Crippen molar-refractivity contribution in [2.24, 2.45) is 11.7 Å². The monoisotopic (exact) mass is 171 g/mol. The van der Waals surface area contributed by atoms with Crippen LogP contribution in [0.2, 0.25) is 0 Å². The van der Waals surface area contributed by atoms with Crippen molar-refractivity contribution < 1.29 is 9.59 Å². The summed E-state index contributed by atoms with van der Waals surface area (Å²) in [6.45, 7) is 3.76. The third-order valence-corrected chi connectivity index (χ3v) is 1.86. The molecule has 0 bridgehead atoms. The Balaban J connectivity index is 3.50. The van der Waals surface area contributed by atoms with Crippen LogP contribution in [-0.4, -0.2) is 18.1 Å². The van der Waals surface area contributed by atoms with Gasteiger partial charge in [0.25, 0.3) is 0 Å². The number of hydrogen-bond acceptors (Lipinski definition) is 3. The van der Waals surface area contributed by atoms with Crippen LogP contribution in [0.4, 0.5) is 0 Å². The predicted molar refractivity (Wildman–Crippen MR) is 47.8 cm³/mol. The van der Waals surface area contributed by atoms with Crippen LogP contribution >= 0.6 is 0 Å². The minimum Gasteiger partial charge on any atom is -0.330 e. The van der Waals surface area contributed by atoms with Gasteiger partial charge < -0.3 is 10.5 Å². The van der Waals surface area contributed by atoms with Crippen LogP contribution in [0.3, 0.4) is 0 Å². The first kappa shape index (κ1) is 11.3. The maximum absolute atomic E-state index is 11.2. The molecule has 0 amide bonds. The standard InChI is InChI=1S/C9H17NO2/c1-7(6-10)9(12)5-3-4-8(2)11/h7H,3-6,10H2,1-2H3. The fourth-order valence-corrected chi connectivity index (χ4v) is 0.889. The molecular weight excluding hydrogens is 154 g/mol. The van der Waals surface area contributed by atoms with Crippen LogP contribution in [-0.2, 0) is 9.59 Å². The molecule has 0 aromatic carbocycles. The number of hydrogen-bond donors (Lipinski definition) is 1. The van der Waals surface area contributed by atoms with Gasteiger partial charge in [-0.05, 0) is 13.3 Å². The van der Waals surface area contributed by atoms with E-state index < -0.39 is 0 Å². The molecule has 0 aromatic rings. The molecule has 70 valence electrons. The van der Waals surface area contributed by atoms with Gasteiger partial charge in [0.2, 0.25) is 0 Å². The van der Waals surface area contributed by atoms with E-state index in [1.807, 2.05) is 6.92 Å². The van der Waals surface area contributed by atoms with E-state index in [2.05, 4.69) is 0 Å². The Morgan fingerprint density at radius 1 is 1.33 bits per heavy atom. The zero-order chi connectivity index (χ0) is 9.56. The van der Waals surface area contributed by atoms with E-state index in [1.165, 1.54) is 6.92 Å². The lowest BCUT2D eigenvalue weighted by Crippen LogP contribution is -2.20. The van der Waals surface area contributed by atoms with E-state index in [0.29, 0.717) is 25.8 Å². The van der Waals surface area contributed by atoms with E-state index in [-0.39, 0.29) is 17.5 Å². The van der Waals surface area contributed by atoms with Crippen molar-refractivity contribution in [1.29, 1.82) is 0 Å². The summed E-state index contributed by atoms with van der Waals surface area (Å²) in [6.07, 6.45) is 1.65. The molecule has 0 fully saturated rings. The summed E-state index contributed by atoms with van der Waals surface area (Å²) in [7, 11) is 0. The van der Waals surface area contributed by atoms with E-state index in [9.17, 15) is 9.59 Å². The van der Waals surface area contributed by atoms with Gasteiger partial charge in [0.1, 0.15) is 11.6 Å². The van der Waals surface area contributed by atoms with Crippen LogP contribution in [0.5, 0.6) is 0 Å². The topological polar surface area (TPSA) is 60.2 Å². The summed E-state index contributed by atoms with van der Waals surface area (Å²) in [5.41, 5.74) is 5.32. The number of carbonyl (C=O) groups excluding carboxylic acids is 2. The Hall–Kier alpha value is -0.700. The Kier molecular flexibility index (Phi) is 5.54. The third kappa shape index (κ3) is 5.02. The fraction of sp³-hybridized carbons (Fsp3) is 0.778. The second-order valence-electron chi connectivity index (χ2n) is 3.16. The predicted octanol–water partition coefficient (Wildman–Crippen LogP) is 0.910. The number of nitrogens with two attached hydrogens (primary N) is 1. The molecule has 0 heterocycles. The van der Waals surface area contributed by atoms with Gasteiger partial charge in [0, 0.05) is 25.3 Å². The van der Waals surface area contributed by atoms with Crippen molar-refractivity contribution in [1.82, 2.24) is 0 Å². The number of ketones is 2. The first-order valence-electron chi connectivity index (χ1n) is 4.30. The zero-order valence-electron chi connectivity index (χ0n) is 7.80. The van der Waals surface area contributed by atoms with Gasteiger partial charge in [-0.25, -0.2) is 0 Å². The van der Waals surface area contributed by atoms with Gasteiger partial charge in [0.05, 0.1) is 0 Å². The van der Waals surface area contributed by atoms with Crippen molar-refractivity contribution in [3.8, 4) is 0 Å². The van der Waals surface area contributed by atoms with Crippen molar-refractivity contribution in [2.75, 3.05) is 6.54 Å². The van der Waals surface area contributed by atoms with Crippen LogP contribution in [0.25, 0.3) is 0 Å². The van der Waals surface area contributed by atoms with E-state index >= 15 is 0 Å². The smallest absolute Gasteiger partial charge is 0.136 e. The second-order valence-corrected chi connectivity index (χ2v) is 3.16. The molecule has 1 atom stereocenters. The maximum atomic E-state index is 11.2. The van der Waals surface area contributed by atoms with Crippen molar-refractivity contribution >= 4 is 11.6 Å². The average Bonchev–Trinajstić information content (AvgIpc) is 2.02. The number of Topliss-reactive ketones (excluding diaryl/α,β-unsaturated/α-hetero) is 2. The molecule has 3 heteroatoms. The largest absolute Gasteiger partial charge is 0.330 e. The quantitative estimate of drug-likeness (QED) is 0.646. The lowest BCUT2D eigenvalue weighted by molar-refractivity contribution is -0.122. The Labute approximate surface area is 73.3 Å². The van der Waals surface area contributed by atoms with Crippen LogP contribution < -0.4 is 5.73 Å². The van der Waals surface area contributed by atoms with Gasteiger partial charge in [-0.1, -0.05) is 6.92 Å². The van der Waals surface area contributed by atoms with Gasteiger partial charge >= 0.3 is 0 Å². The molecular formula is C9H17NO2. The van der Waals surface area contributed by atoms with Gasteiger partial charge in [-0.15, -0.1) is 0 Å². The summed E-state index contributed by atoms with van der Waals surface area (Å²) in [4.78, 5) is 21.7. The first-order valence-corrected chi connectivity index (χ1v) is 4.30. The minimum absolute atomic E-state index is 0.0584. The van der Waals surface area contributed by atoms with Gasteiger partial charge in [-0.3, -0.25) is 4.79 Å². The Morgan fingerprint density at radius 3 is 2.33 bits per heavy atom. The van der Waals surface area contributed by atoms with Crippen molar-refractivity contribution in [3.05, 3.63) is 0 Å². The summed E-state index contributed by atoms with van der Waals surface area (Å²) in [6, 6.07) is 0. The van der Waals surface area contributed by atoms with E-state index in [0.717, 1.165) is 0 Å². The molecule has 0 spiro atoms. The molecule has 1 unspecified atom stereocenters. The molecule has 0 radical (unpaired) electrons. The van der Waals surface area contributed by atoms with Gasteiger partial charge in [-0.2, -0.15) is 0 Å². The highest BCUT2D eigenvalue weighted by molar-refractivity contribution is 5.82. The molecule has 0 saturated heterocycles. The molecule has 12 heavy (non-hydrogen) atoms. The molecule has 0 saturated carbocycles. The Morgan fingerprint density at radius 2 is 1.92 bits per heavy atom. The fourth-order valence-electron chi connectivity index (χ4n) is 0.889. The lowest BCUT2D eigenvalue weighted by Gasteiger charge is -2.05. The average molecular weight is 171 g/mol. The zero-order valence-corrected chi connectivity index (χ0v) is 7.80. The lowest BCUT2D eigenvalue weighted by atomic mass is 10.0. The normalized spacial score (nSPS) is 12.6. The highest BCUT2D eigenvalue weighted by atomic mass is 16.1. The summed E-state index contributed by atoms with van der Waals surface area (Å²) in [5.74, 6) is 0.249. The first-order chi connectivity index (χ1) is 5.57. The van der Waals surface area contributed by atoms with Crippen LogP contribution in [0.1, 0.15) is 33.1 Å². The molecule has 0 aliphatic carbocycles. The third-order valence-electron chi connectivity index (χ3n) is 1.86. The van der Waals surface area contributed by atoms with Crippen LogP contribution in [0, 0.1) is 5.92 Å². The molecule has 2 N–H and O–H groups in total. The highest BCUT2D eigenvalue weighted by Gasteiger charge is 2.10. The van der Waals surface area contributed by atoms with Crippen molar-refractivity contribution in [3.63, 3.8) is 0 Å². The summed E-state index contributed by atoms with van der Waals surface area (Å²) < 4.78 is 0. The molecule has 3 nitrogen and oxygen atoms in total. The van der Waals surface area contributed by atoms with Gasteiger partial charge in [0.15, 0.2) is 0 Å². The van der Waals surface area contributed by atoms with E-state index in [1.54, 1.807) is 0 Å². The maximum Gasteiger partial charge on any atom is 0.136 e. The van der Waals surface area contributed by atoms with Crippen LogP contribution in [0.15, 0.2) is 0 Å². The minimum atomic E-state index is -0.0584. The summed E-state index contributed by atoms with van der Waals surface area (Å²) in [5, 5.41) is 0. The molecule has 0 aromatic heterocycles. The van der Waals surface area contributed by atoms with Crippen molar-refractivity contribution in [2.45, 2.75) is 33.1 Å².